The fourth-order valence-electron chi connectivity index (χ4n) is 4.66. The molecule has 1 N–H and O–H groups in total. The molecule has 1 aliphatic heterocycles. The van der Waals surface area contributed by atoms with Crippen LogP contribution in [0.15, 0.2) is 23.1 Å². The molecule has 164 valence electrons. The van der Waals surface area contributed by atoms with Gasteiger partial charge in [-0.25, -0.2) is 8.42 Å². The molecule has 10 heteroatoms. The van der Waals surface area contributed by atoms with Gasteiger partial charge in [0.15, 0.2) is 6.61 Å². The second kappa shape index (κ2) is 8.82. The summed E-state index contributed by atoms with van der Waals surface area (Å²) in [7, 11) is -3.72. The molecule has 2 bridgehead atoms. The number of anilines is 1. The molecule has 1 amide bonds. The van der Waals surface area contributed by atoms with Gasteiger partial charge in [0.05, 0.1) is 34.7 Å². The third kappa shape index (κ3) is 4.49. The zero-order valence-corrected chi connectivity index (χ0v) is 18.1. The Kier molecular flexibility index (Phi) is 6.34. The molecule has 3 unspecified atom stereocenters. The van der Waals surface area contributed by atoms with Gasteiger partial charge in [-0.15, -0.1) is 0 Å². The van der Waals surface area contributed by atoms with E-state index in [1.807, 2.05) is 0 Å². The van der Waals surface area contributed by atoms with Crippen LogP contribution in [0.4, 0.5) is 5.69 Å². The van der Waals surface area contributed by atoms with Crippen molar-refractivity contribution in [3.05, 3.63) is 23.2 Å². The standard InChI is InChI=1S/C20H25ClN2O6S/c21-17-4-3-15(30(26,27)23-5-7-28-8-6-23)11-18(17)22-19(24)12-29-20(25)16-10-13-1-2-14(16)9-13/h3-4,11,13-14,16H,1-2,5-10,12H2,(H,22,24). The second-order valence-corrected chi connectivity index (χ2v) is 10.4. The van der Waals surface area contributed by atoms with Crippen molar-refractivity contribution in [3.63, 3.8) is 0 Å². The van der Waals surface area contributed by atoms with Gasteiger partial charge < -0.3 is 14.8 Å². The molecule has 2 aliphatic carbocycles. The summed E-state index contributed by atoms with van der Waals surface area (Å²) in [5.41, 5.74) is 0.159. The van der Waals surface area contributed by atoms with E-state index in [1.54, 1.807) is 0 Å². The number of carbonyl (C=O) groups excluding carboxylic acids is 2. The number of halogens is 1. The number of ether oxygens (including phenoxy) is 2. The highest BCUT2D eigenvalue weighted by molar-refractivity contribution is 7.89. The minimum Gasteiger partial charge on any atom is -0.455 e. The van der Waals surface area contributed by atoms with E-state index in [0.29, 0.717) is 25.0 Å². The van der Waals surface area contributed by atoms with E-state index in [9.17, 15) is 18.0 Å². The van der Waals surface area contributed by atoms with Gasteiger partial charge in [0, 0.05) is 13.1 Å². The molecule has 2 saturated carbocycles. The monoisotopic (exact) mass is 456 g/mol. The summed E-state index contributed by atoms with van der Waals surface area (Å²) in [5, 5.41) is 2.75. The molecule has 3 aliphatic rings. The van der Waals surface area contributed by atoms with E-state index >= 15 is 0 Å². The summed E-state index contributed by atoms with van der Waals surface area (Å²) < 4.78 is 37.4. The van der Waals surface area contributed by atoms with Gasteiger partial charge in [0.25, 0.3) is 5.91 Å². The van der Waals surface area contributed by atoms with Gasteiger partial charge in [0.2, 0.25) is 10.0 Å². The lowest BCUT2D eigenvalue weighted by Gasteiger charge is -2.26. The van der Waals surface area contributed by atoms with Gasteiger partial charge in [-0.2, -0.15) is 4.31 Å². The van der Waals surface area contributed by atoms with Crippen LogP contribution in [0.2, 0.25) is 5.02 Å². The molecule has 1 aromatic rings. The molecule has 0 radical (unpaired) electrons. The van der Waals surface area contributed by atoms with Crippen molar-refractivity contribution >= 4 is 39.2 Å². The van der Waals surface area contributed by atoms with Crippen molar-refractivity contribution in [2.24, 2.45) is 17.8 Å². The maximum absolute atomic E-state index is 12.8. The Morgan fingerprint density at radius 2 is 1.97 bits per heavy atom. The Morgan fingerprint density at radius 3 is 2.63 bits per heavy atom. The van der Waals surface area contributed by atoms with Crippen LogP contribution in [0.25, 0.3) is 0 Å². The first-order valence-electron chi connectivity index (χ1n) is 10.2. The SMILES string of the molecule is O=C(COC(=O)C1CC2CCC1C2)Nc1cc(S(=O)(=O)N2CCOCC2)ccc1Cl. The first-order chi connectivity index (χ1) is 14.3. The summed E-state index contributed by atoms with van der Waals surface area (Å²) in [5.74, 6) is -0.0121. The number of fused-ring (bicyclic) bond motifs is 2. The topological polar surface area (TPSA) is 102 Å². The van der Waals surface area contributed by atoms with Crippen molar-refractivity contribution in [3.8, 4) is 0 Å². The average Bonchev–Trinajstić information content (AvgIpc) is 3.38. The zero-order chi connectivity index (χ0) is 21.3. The van der Waals surface area contributed by atoms with E-state index < -0.39 is 22.5 Å². The maximum atomic E-state index is 12.8. The molecule has 30 heavy (non-hydrogen) atoms. The highest BCUT2D eigenvalue weighted by Crippen LogP contribution is 2.48. The second-order valence-electron chi connectivity index (χ2n) is 8.10. The number of sulfonamides is 1. The fourth-order valence-corrected chi connectivity index (χ4v) is 6.26. The number of nitrogens with zero attached hydrogens (tertiary/aromatic N) is 1. The van der Waals surface area contributed by atoms with Crippen molar-refractivity contribution in [1.29, 1.82) is 0 Å². The molecule has 3 atom stereocenters. The van der Waals surface area contributed by atoms with Crippen LogP contribution >= 0.6 is 11.6 Å². The number of hydrogen-bond acceptors (Lipinski definition) is 6. The van der Waals surface area contributed by atoms with Crippen LogP contribution in [-0.2, 0) is 29.1 Å². The van der Waals surface area contributed by atoms with Gasteiger partial charge in [0.1, 0.15) is 0 Å². The van der Waals surface area contributed by atoms with Crippen molar-refractivity contribution in [2.75, 3.05) is 38.2 Å². The van der Waals surface area contributed by atoms with Crippen molar-refractivity contribution < 1.29 is 27.5 Å². The van der Waals surface area contributed by atoms with Crippen LogP contribution in [0.5, 0.6) is 0 Å². The van der Waals surface area contributed by atoms with Gasteiger partial charge >= 0.3 is 5.97 Å². The molecule has 4 rings (SSSR count). The van der Waals surface area contributed by atoms with E-state index in [1.165, 1.54) is 28.9 Å². The molecule has 1 saturated heterocycles. The Labute approximate surface area is 180 Å². The molecule has 3 fully saturated rings. The number of amides is 1. The number of carbonyl (C=O) groups is 2. The number of rotatable bonds is 6. The molecule has 0 spiro atoms. The number of hydrogen-bond donors (Lipinski definition) is 1. The van der Waals surface area contributed by atoms with Crippen LogP contribution in [0.1, 0.15) is 25.7 Å². The summed E-state index contributed by atoms with van der Waals surface area (Å²) in [6.45, 7) is 0.787. The summed E-state index contributed by atoms with van der Waals surface area (Å²) in [4.78, 5) is 24.6. The predicted octanol–water partition coefficient (Wildman–Crippen LogP) is 2.28. The Hall–Kier alpha value is -1.68. The van der Waals surface area contributed by atoms with Crippen LogP contribution in [0, 0.1) is 17.8 Å². The maximum Gasteiger partial charge on any atom is 0.309 e. The minimum absolute atomic E-state index is 0.0306. The van der Waals surface area contributed by atoms with E-state index in [2.05, 4.69) is 5.32 Å². The lowest BCUT2D eigenvalue weighted by Crippen LogP contribution is -2.40. The fraction of sp³-hybridized carbons (Fsp3) is 0.600. The summed E-state index contributed by atoms with van der Waals surface area (Å²) in [6.07, 6.45) is 4.15. The number of nitrogens with one attached hydrogen (secondary N) is 1. The largest absolute Gasteiger partial charge is 0.455 e. The number of morpholine rings is 1. The predicted molar refractivity (Wildman–Crippen MR) is 110 cm³/mol. The lowest BCUT2D eigenvalue weighted by molar-refractivity contribution is -0.153. The first-order valence-corrected chi connectivity index (χ1v) is 12.0. The highest BCUT2D eigenvalue weighted by atomic mass is 35.5. The smallest absolute Gasteiger partial charge is 0.309 e. The van der Waals surface area contributed by atoms with Crippen molar-refractivity contribution in [2.45, 2.75) is 30.6 Å². The molecule has 0 aromatic heterocycles. The third-order valence-electron chi connectivity index (χ3n) is 6.21. The molecule has 1 aromatic carbocycles. The third-order valence-corrected chi connectivity index (χ3v) is 8.43. The molecule has 8 nitrogen and oxygen atoms in total. The van der Waals surface area contributed by atoms with Gasteiger partial charge in [-0.05, 0) is 49.3 Å². The van der Waals surface area contributed by atoms with Crippen LogP contribution < -0.4 is 5.32 Å². The summed E-state index contributed by atoms with van der Waals surface area (Å²) in [6, 6.07) is 4.15. The molecular formula is C20H25ClN2O6S. The van der Waals surface area contributed by atoms with E-state index in [0.717, 1.165) is 19.3 Å². The Bertz CT molecular complexity index is 931. The van der Waals surface area contributed by atoms with Crippen molar-refractivity contribution in [1.82, 2.24) is 4.31 Å². The minimum atomic E-state index is -3.72. The number of benzene rings is 1. The normalized spacial score (nSPS) is 26.5. The Morgan fingerprint density at radius 1 is 1.20 bits per heavy atom. The quantitative estimate of drug-likeness (QED) is 0.659. The summed E-state index contributed by atoms with van der Waals surface area (Å²) >= 11 is 6.13. The highest BCUT2D eigenvalue weighted by Gasteiger charge is 2.44. The van der Waals surface area contributed by atoms with Gasteiger partial charge in [-0.3, -0.25) is 9.59 Å². The average molecular weight is 457 g/mol. The van der Waals surface area contributed by atoms with Crippen LogP contribution in [-0.4, -0.2) is 57.5 Å². The number of esters is 1. The van der Waals surface area contributed by atoms with E-state index in [-0.39, 0.29) is 40.6 Å². The first kappa shape index (κ1) is 21.5. The zero-order valence-electron chi connectivity index (χ0n) is 16.5. The van der Waals surface area contributed by atoms with Gasteiger partial charge in [-0.1, -0.05) is 18.0 Å². The molecule has 1 heterocycles. The lowest BCUT2D eigenvalue weighted by atomic mass is 9.89. The van der Waals surface area contributed by atoms with Crippen LogP contribution in [0.3, 0.4) is 0 Å². The molecular weight excluding hydrogens is 432 g/mol. The van der Waals surface area contributed by atoms with E-state index in [4.69, 9.17) is 21.1 Å². The Balaban J connectivity index is 1.37.